The van der Waals surface area contributed by atoms with Gasteiger partial charge >= 0.3 is 0 Å². The number of rotatable bonds is 2. The molecule has 0 aliphatic rings. The summed E-state index contributed by atoms with van der Waals surface area (Å²) >= 11 is 0. The molecule has 0 saturated carbocycles. The molecule has 0 unspecified atom stereocenters. The average molecular weight is 204 g/mol. The van der Waals surface area contributed by atoms with Crippen LogP contribution in [-0.4, -0.2) is 19.7 Å². The molecule has 2 heterocycles. The van der Waals surface area contributed by atoms with Crippen LogP contribution >= 0.6 is 0 Å². The number of aromatic nitrogens is 3. The fraction of sp³-hybridized carbons (Fsp3) is 0.111. The van der Waals surface area contributed by atoms with Crippen LogP contribution in [0.15, 0.2) is 30.6 Å². The second-order valence-electron chi connectivity index (χ2n) is 3.03. The molecule has 0 bridgehead atoms. The average Bonchev–Trinajstić information content (AvgIpc) is 2.65. The molecule has 2 aromatic rings. The Morgan fingerprint density at radius 1 is 1.47 bits per heavy atom. The van der Waals surface area contributed by atoms with E-state index < -0.39 is 4.92 Å². The molecule has 6 heteroatoms. The molecule has 0 N–H and O–H groups in total. The van der Waals surface area contributed by atoms with Gasteiger partial charge in [-0.25, -0.2) is 9.67 Å². The van der Waals surface area contributed by atoms with Crippen molar-refractivity contribution in [3.63, 3.8) is 0 Å². The summed E-state index contributed by atoms with van der Waals surface area (Å²) in [5.41, 5.74) is 0.844. The van der Waals surface area contributed by atoms with Gasteiger partial charge in [0.1, 0.15) is 0 Å². The van der Waals surface area contributed by atoms with Gasteiger partial charge in [0.25, 0.3) is 5.69 Å². The molecule has 0 aliphatic carbocycles. The van der Waals surface area contributed by atoms with Crippen LogP contribution in [0.4, 0.5) is 5.69 Å². The zero-order valence-corrected chi connectivity index (χ0v) is 7.99. The molecule has 2 rings (SSSR count). The third kappa shape index (κ3) is 1.83. The summed E-state index contributed by atoms with van der Waals surface area (Å²) < 4.78 is 1.50. The minimum Gasteiger partial charge on any atom is -0.258 e. The Hall–Kier alpha value is -2.24. The van der Waals surface area contributed by atoms with E-state index in [2.05, 4.69) is 10.1 Å². The van der Waals surface area contributed by atoms with Crippen LogP contribution in [0.25, 0.3) is 5.82 Å². The summed E-state index contributed by atoms with van der Waals surface area (Å²) in [5.74, 6) is 0.442. The van der Waals surface area contributed by atoms with Gasteiger partial charge in [0.05, 0.1) is 16.7 Å². The van der Waals surface area contributed by atoms with Crippen LogP contribution in [0.2, 0.25) is 0 Å². The van der Waals surface area contributed by atoms with Gasteiger partial charge in [-0.05, 0) is 13.0 Å². The molecule has 0 saturated heterocycles. The molecule has 0 aromatic carbocycles. The van der Waals surface area contributed by atoms with E-state index in [0.29, 0.717) is 5.82 Å². The lowest BCUT2D eigenvalue weighted by atomic mass is 10.4. The van der Waals surface area contributed by atoms with Crippen molar-refractivity contribution in [2.24, 2.45) is 0 Å². The second kappa shape index (κ2) is 3.49. The van der Waals surface area contributed by atoms with Crippen LogP contribution in [0.5, 0.6) is 0 Å². The molecule has 6 nitrogen and oxygen atoms in total. The number of nitrogens with zero attached hydrogens (tertiary/aromatic N) is 4. The third-order valence-electron chi connectivity index (χ3n) is 1.90. The molecule has 0 spiro atoms. The maximum Gasteiger partial charge on any atom is 0.274 e. The molecular weight excluding hydrogens is 196 g/mol. The smallest absolute Gasteiger partial charge is 0.258 e. The molecule has 0 amide bonds. The van der Waals surface area contributed by atoms with Crippen LogP contribution in [0.1, 0.15) is 5.69 Å². The van der Waals surface area contributed by atoms with Crippen molar-refractivity contribution in [1.82, 2.24) is 14.8 Å². The normalized spacial score (nSPS) is 10.2. The largest absolute Gasteiger partial charge is 0.274 e. The highest BCUT2D eigenvalue weighted by atomic mass is 16.6. The first-order valence-electron chi connectivity index (χ1n) is 4.30. The van der Waals surface area contributed by atoms with Crippen LogP contribution < -0.4 is 0 Å². The quantitative estimate of drug-likeness (QED) is 0.548. The van der Waals surface area contributed by atoms with E-state index in [0.717, 1.165) is 5.69 Å². The first kappa shape index (κ1) is 9.32. The van der Waals surface area contributed by atoms with Crippen molar-refractivity contribution in [2.75, 3.05) is 0 Å². The van der Waals surface area contributed by atoms with Gasteiger partial charge in [-0.3, -0.25) is 10.1 Å². The van der Waals surface area contributed by atoms with Crippen molar-refractivity contribution in [2.45, 2.75) is 6.92 Å². The van der Waals surface area contributed by atoms with Crippen molar-refractivity contribution < 1.29 is 4.92 Å². The van der Waals surface area contributed by atoms with Crippen molar-refractivity contribution in [3.8, 4) is 5.82 Å². The molecule has 0 aliphatic heterocycles. The van der Waals surface area contributed by atoms with E-state index in [1.165, 1.54) is 23.0 Å². The summed E-state index contributed by atoms with van der Waals surface area (Å²) in [5, 5.41) is 14.7. The van der Waals surface area contributed by atoms with E-state index in [1.54, 1.807) is 12.3 Å². The molecule has 0 fully saturated rings. The Balaban J connectivity index is 2.45. The van der Waals surface area contributed by atoms with Gasteiger partial charge in [0, 0.05) is 18.5 Å². The van der Waals surface area contributed by atoms with Gasteiger partial charge < -0.3 is 0 Å². The van der Waals surface area contributed by atoms with E-state index in [1.807, 2.05) is 6.92 Å². The number of nitro groups is 1. The number of hydrogen-bond acceptors (Lipinski definition) is 4. The van der Waals surface area contributed by atoms with E-state index in [-0.39, 0.29) is 5.69 Å². The Morgan fingerprint density at radius 2 is 2.27 bits per heavy atom. The summed E-state index contributed by atoms with van der Waals surface area (Å²) in [7, 11) is 0. The molecule has 15 heavy (non-hydrogen) atoms. The van der Waals surface area contributed by atoms with Crippen LogP contribution in [-0.2, 0) is 0 Å². The molecule has 0 radical (unpaired) electrons. The number of aryl methyl sites for hydroxylation is 1. The molecule has 2 aromatic heterocycles. The summed E-state index contributed by atoms with van der Waals surface area (Å²) in [4.78, 5) is 14.1. The molecule has 76 valence electrons. The lowest BCUT2D eigenvalue weighted by Crippen LogP contribution is -1.99. The summed E-state index contributed by atoms with van der Waals surface area (Å²) in [6, 6.07) is 4.53. The van der Waals surface area contributed by atoms with E-state index in [4.69, 9.17) is 0 Å². The Morgan fingerprint density at radius 3 is 2.87 bits per heavy atom. The molecular formula is C9H8N4O2. The maximum absolute atomic E-state index is 10.5. The zero-order valence-electron chi connectivity index (χ0n) is 7.99. The third-order valence-corrected chi connectivity index (χ3v) is 1.90. The Kier molecular flexibility index (Phi) is 2.17. The number of pyridine rings is 1. The standard InChI is InChI=1S/C9H8N4O2/c1-7-3-5-12(11-7)9-6-8(13(14)15)2-4-10-9/h2-6H,1H3. The highest BCUT2D eigenvalue weighted by Gasteiger charge is 2.08. The van der Waals surface area contributed by atoms with Gasteiger partial charge in [-0.15, -0.1) is 0 Å². The monoisotopic (exact) mass is 204 g/mol. The Bertz CT molecular complexity index is 506. The van der Waals surface area contributed by atoms with Crippen LogP contribution in [0, 0.1) is 17.0 Å². The SMILES string of the molecule is Cc1ccn(-c2cc([N+](=O)[O-])ccn2)n1. The van der Waals surface area contributed by atoms with E-state index in [9.17, 15) is 10.1 Å². The Labute approximate surface area is 85.3 Å². The predicted octanol–water partition coefficient (Wildman–Crippen LogP) is 1.48. The maximum atomic E-state index is 10.5. The van der Waals surface area contributed by atoms with Gasteiger partial charge in [-0.2, -0.15) is 5.10 Å². The van der Waals surface area contributed by atoms with Crippen molar-refractivity contribution >= 4 is 5.69 Å². The lowest BCUT2D eigenvalue weighted by molar-refractivity contribution is -0.384. The topological polar surface area (TPSA) is 73.8 Å². The first-order chi connectivity index (χ1) is 7.16. The molecule has 0 atom stereocenters. The van der Waals surface area contributed by atoms with Crippen molar-refractivity contribution in [1.29, 1.82) is 0 Å². The minimum absolute atomic E-state index is 0.00755. The zero-order chi connectivity index (χ0) is 10.8. The lowest BCUT2D eigenvalue weighted by Gasteiger charge is -1.98. The fourth-order valence-electron chi connectivity index (χ4n) is 1.19. The van der Waals surface area contributed by atoms with Gasteiger partial charge in [0.2, 0.25) is 0 Å². The highest BCUT2D eigenvalue weighted by Crippen LogP contribution is 2.13. The van der Waals surface area contributed by atoms with Crippen LogP contribution in [0.3, 0.4) is 0 Å². The predicted molar refractivity (Wildman–Crippen MR) is 52.8 cm³/mol. The minimum atomic E-state index is -0.457. The summed E-state index contributed by atoms with van der Waals surface area (Å²) in [6.45, 7) is 1.84. The van der Waals surface area contributed by atoms with Gasteiger partial charge in [-0.1, -0.05) is 0 Å². The second-order valence-corrected chi connectivity index (χ2v) is 3.03. The summed E-state index contributed by atoms with van der Waals surface area (Å²) in [6.07, 6.45) is 3.10. The first-order valence-corrected chi connectivity index (χ1v) is 4.30. The van der Waals surface area contributed by atoms with Crippen molar-refractivity contribution in [3.05, 3.63) is 46.4 Å². The number of hydrogen-bond donors (Lipinski definition) is 0. The van der Waals surface area contributed by atoms with E-state index >= 15 is 0 Å². The van der Waals surface area contributed by atoms with Gasteiger partial charge in [0.15, 0.2) is 5.82 Å². The fourth-order valence-corrected chi connectivity index (χ4v) is 1.19. The highest BCUT2D eigenvalue weighted by molar-refractivity contribution is 5.36.